The van der Waals surface area contributed by atoms with E-state index in [1.165, 1.54) is 0 Å². The predicted molar refractivity (Wildman–Crippen MR) is 133 cm³/mol. The van der Waals surface area contributed by atoms with Crippen molar-refractivity contribution in [3.05, 3.63) is 35.9 Å². The summed E-state index contributed by atoms with van der Waals surface area (Å²) >= 11 is 0. The van der Waals surface area contributed by atoms with E-state index in [4.69, 9.17) is 4.74 Å². The fraction of sp³-hybridized carbons (Fsp3) is 0.667. The van der Waals surface area contributed by atoms with Gasteiger partial charge in [-0.25, -0.2) is 4.79 Å². The number of amides is 3. The molecule has 5 N–H and O–H groups in total. The highest BCUT2D eigenvalue weighted by molar-refractivity contribution is 6.14. The number of nitrogens with zero attached hydrogens (tertiary/aromatic N) is 1. The second-order valence-electron chi connectivity index (χ2n) is 10.8. The zero-order chi connectivity index (χ0) is 26.5. The molecule has 3 atom stereocenters. The van der Waals surface area contributed by atoms with E-state index in [9.17, 15) is 29.8 Å². The first kappa shape index (κ1) is 27.5. The van der Waals surface area contributed by atoms with Crippen LogP contribution in [0.3, 0.4) is 0 Å². The van der Waals surface area contributed by atoms with Crippen molar-refractivity contribution in [1.82, 2.24) is 15.7 Å². The number of carbonyl (C=O) groups is 3. The van der Waals surface area contributed by atoms with E-state index in [0.29, 0.717) is 0 Å². The highest BCUT2D eigenvalue weighted by Crippen LogP contribution is 2.43. The third-order valence-electron chi connectivity index (χ3n) is 8.35. The molecule has 3 fully saturated rings. The van der Waals surface area contributed by atoms with Crippen molar-refractivity contribution >= 4 is 17.9 Å². The van der Waals surface area contributed by atoms with Gasteiger partial charge in [0.15, 0.2) is 5.54 Å². The van der Waals surface area contributed by atoms with Gasteiger partial charge in [-0.15, -0.1) is 0 Å². The van der Waals surface area contributed by atoms with Gasteiger partial charge >= 0.3 is 6.09 Å². The number of hydrogen-bond donors (Lipinski definition) is 5. The first-order valence-electron chi connectivity index (χ1n) is 13.4. The molecule has 10 nitrogen and oxygen atoms in total. The Morgan fingerprint density at radius 3 is 2.30 bits per heavy atom. The highest BCUT2D eigenvalue weighted by atomic mass is 16.6. The SMILES string of the molecule is O=C(NC1CCCCC1)OC[C@]1(O)C(=O)N([C@H](CO)Cc2ccccc2)C(=O)[C@]1(CC1CCCC1)NO. The van der Waals surface area contributed by atoms with Crippen LogP contribution in [-0.2, 0) is 20.7 Å². The van der Waals surface area contributed by atoms with E-state index in [2.05, 4.69) is 5.32 Å². The van der Waals surface area contributed by atoms with Crippen molar-refractivity contribution in [2.75, 3.05) is 13.2 Å². The molecular formula is C27H39N3O7. The number of carbonyl (C=O) groups excluding carboxylic acids is 3. The number of rotatable bonds is 10. The summed E-state index contributed by atoms with van der Waals surface area (Å²) in [6, 6.07) is 8.07. The summed E-state index contributed by atoms with van der Waals surface area (Å²) in [6.07, 6.45) is 7.62. The number of alkyl carbamates (subject to hydrolysis) is 1. The van der Waals surface area contributed by atoms with Gasteiger partial charge in [0.1, 0.15) is 6.61 Å². The van der Waals surface area contributed by atoms with Crippen LogP contribution >= 0.6 is 0 Å². The van der Waals surface area contributed by atoms with Crippen LogP contribution in [0.15, 0.2) is 30.3 Å². The fourth-order valence-corrected chi connectivity index (χ4v) is 6.21. The normalized spacial score (nSPS) is 28.0. The molecular weight excluding hydrogens is 478 g/mol. The number of benzene rings is 1. The van der Waals surface area contributed by atoms with E-state index in [1.54, 1.807) is 0 Å². The number of hydrogen-bond acceptors (Lipinski definition) is 8. The summed E-state index contributed by atoms with van der Waals surface area (Å²) < 4.78 is 5.34. The lowest BCUT2D eigenvalue weighted by Crippen LogP contribution is -2.67. The summed E-state index contributed by atoms with van der Waals surface area (Å²) in [5, 5.41) is 35.1. The molecule has 10 heteroatoms. The number of likely N-dealkylation sites (tertiary alicyclic amines) is 1. The molecule has 1 aliphatic heterocycles. The van der Waals surface area contributed by atoms with Crippen molar-refractivity contribution in [2.24, 2.45) is 5.92 Å². The fourth-order valence-electron chi connectivity index (χ4n) is 6.21. The minimum atomic E-state index is -2.55. The van der Waals surface area contributed by atoms with Gasteiger partial charge in [0.25, 0.3) is 11.8 Å². The molecule has 3 aliphatic rings. The Morgan fingerprint density at radius 1 is 1.03 bits per heavy atom. The first-order valence-corrected chi connectivity index (χ1v) is 13.4. The Labute approximate surface area is 217 Å². The molecule has 0 spiro atoms. The minimum absolute atomic E-state index is 0.00182. The Kier molecular flexibility index (Phi) is 8.84. The second-order valence-corrected chi connectivity index (χ2v) is 10.8. The van der Waals surface area contributed by atoms with Gasteiger partial charge in [-0.2, -0.15) is 5.48 Å². The van der Waals surface area contributed by atoms with E-state index < -0.39 is 48.3 Å². The Bertz CT molecular complexity index is 949. The van der Waals surface area contributed by atoms with Gasteiger partial charge in [-0.1, -0.05) is 75.3 Å². The molecule has 37 heavy (non-hydrogen) atoms. The summed E-state index contributed by atoms with van der Waals surface area (Å²) in [7, 11) is 0. The molecule has 2 saturated carbocycles. The number of hydroxylamine groups is 1. The molecule has 4 rings (SSSR count). The third kappa shape index (κ3) is 5.52. The molecule has 3 amide bonds. The molecule has 1 saturated heterocycles. The molecule has 1 heterocycles. The van der Waals surface area contributed by atoms with E-state index in [1.807, 2.05) is 35.8 Å². The smallest absolute Gasteiger partial charge is 0.407 e. The Morgan fingerprint density at radius 2 is 1.68 bits per heavy atom. The average molecular weight is 518 g/mol. The Balaban J connectivity index is 1.59. The number of aliphatic hydroxyl groups is 2. The van der Waals surface area contributed by atoms with Gasteiger partial charge in [0, 0.05) is 6.04 Å². The van der Waals surface area contributed by atoms with E-state index in [0.717, 1.165) is 68.3 Å². The zero-order valence-electron chi connectivity index (χ0n) is 21.2. The number of nitrogens with one attached hydrogen (secondary N) is 2. The minimum Gasteiger partial charge on any atom is -0.446 e. The largest absolute Gasteiger partial charge is 0.446 e. The van der Waals surface area contributed by atoms with Gasteiger partial charge in [-0.3, -0.25) is 14.5 Å². The summed E-state index contributed by atoms with van der Waals surface area (Å²) in [5.41, 5.74) is -1.86. The van der Waals surface area contributed by atoms with Gasteiger partial charge in [0.05, 0.1) is 12.6 Å². The van der Waals surface area contributed by atoms with Crippen LogP contribution in [0.1, 0.15) is 69.8 Å². The molecule has 2 aliphatic carbocycles. The quantitative estimate of drug-likeness (QED) is 0.234. The maximum Gasteiger partial charge on any atom is 0.407 e. The van der Waals surface area contributed by atoms with E-state index >= 15 is 0 Å². The molecule has 1 aromatic carbocycles. The van der Waals surface area contributed by atoms with Gasteiger partial charge in [0.2, 0.25) is 5.60 Å². The maximum absolute atomic E-state index is 13.9. The molecule has 1 aromatic rings. The van der Waals surface area contributed by atoms with Crippen molar-refractivity contribution in [2.45, 2.75) is 93.9 Å². The summed E-state index contributed by atoms with van der Waals surface area (Å²) in [5.74, 6) is -1.85. The highest BCUT2D eigenvalue weighted by Gasteiger charge is 2.71. The van der Waals surface area contributed by atoms with Crippen molar-refractivity contribution in [3.63, 3.8) is 0 Å². The molecule has 0 unspecified atom stereocenters. The van der Waals surface area contributed by atoms with Crippen LogP contribution in [0, 0.1) is 5.92 Å². The monoisotopic (exact) mass is 517 g/mol. The summed E-state index contributed by atoms with van der Waals surface area (Å²) in [4.78, 5) is 41.1. The van der Waals surface area contributed by atoms with Crippen LogP contribution < -0.4 is 10.8 Å². The van der Waals surface area contributed by atoms with Crippen molar-refractivity contribution in [1.29, 1.82) is 0 Å². The lowest BCUT2D eigenvalue weighted by atomic mass is 9.75. The lowest BCUT2D eigenvalue weighted by Gasteiger charge is -2.37. The predicted octanol–water partition coefficient (Wildman–Crippen LogP) is 2.05. The zero-order valence-corrected chi connectivity index (χ0v) is 21.2. The van der Waals surface area contributed by atoms with Crippen molar-refractivity contribution in [3.8, 4) is 0 Å². The van der Waals surface area contributed by atoms with Crippen LogP contribution in [0.4, 0.5) is 4.79 Å². The first-order chi connectivity index (χ1) is 17.8. The third-order valence-corrected chi connectivity index (χ3v) is 8.35. The maximum atomic E-state index is 13.9. The topological polar surface area (TPSA) is 148 Å². The molecule has 0 aromatic heterocycles. The van der Waals surface area contributed by atoms with Crippen LogP contribution in [0.25, 0.3) is 0 Å². The van der Waals surface area contributed by atoms with E-state index in [-0.39, 0.29) is 24.8 Å². The summed E-state index contributed by atoms with van der Waals surface area (Å²) in [6.45, 7) is -1.34. The number of aliphatic hydroxyl groups excluding tert-OH is 1. The van der Waals surface area contributed by atoms with Gasteiger partial charge < -0.3 is 25.5 Å². The van der Waals surface area contributed by atoms with Crippen LogP contribution in [0.5, 0.6) is 0 Å². The molecule has 0 radical (unpaired) electrons. The van der Waals surface area contributed by atoms with Gasteiger partial charge in [-0.05, 0) is 37.2 Å². The van der Waals surface area contributed by atoms with Crippen molar-refractivity contribution < 1.29 is 34.5 Å². The lowest BCUT2D eigenvalue weighted by molar-refractivity contribution is -0.161. The van der Waals surface area contributed by atoms with Crippen LogP contribution in [-0.4, -0.2) is 74.7 Å². The molecule has 0 bridgehead atoms. The second kappa shape index (κ2) is 11.9. The molecule has 204 valence electrons. The standard InChI is InChI=1S/C27H39N3O7/c31-17-22(15-19-9-3-1-4-10-19)30-23(32)26(29-36,16-20-11-7-8-12-20)27(35,24(30)33)18-37-25(34)28-21-13-5-2-6-14-21/h1,3-4,9-10,20-22,29,31,35-36H,2,5-8,11-18H2,(H,28,34)/t22-,26-,27-/m0/s1. The number of ether oxygens (including phenoxy) is 1. The Hall–Kier alpha value is -2.53. The average Bonchev–Trinajstić information content (AvgIpc) is 3.48. The van der Waals surface area contributed by atoms with Crippen LogP contribution in [0.2, 0.25) is 0 Å². The number of imide groups is 1.